The topological polar surface area (TPSA) is 34.1 Å². The molecule has 3 nitrogen and oxygen atoms in total. The van der Waals surface area contributed by atoms with Crippen LogP contribution in [0.4, 0.5) is 5.69 Å². The number of pyridine rings is 1. The molecule has 0 amide bonds. The van der Waals surface area contributed by atoms with Crippen LogP contribution in [0.25, 0.3) is 0 Å². The van der Waals surface area contributed by atoms with Gasteiger partial charge in [-0.3, -0.25) is 0 Å². The third kappa shape index (κ3) is 3.46. The Hall–Kier alpha value is -1.55. The van der Waals surface area contributed by atoms with Crippen LogP contribution in [0.1, 0.15) is 5.56 Å². The van der Waals surface area contributed by atoms with E-state index in [1.54, 1.807) is 7.11 Å². The molecule has 0 aliphatic carbocycles. The summed E-state index contributed by atoms with van der Waals surface area (Å²) in [7, 11) is 1.66. The van der Waals surface area contributed by atoms with Crippen molar-refractivity contribution in [2.24, 2.45) is 0 Å². The van der Waals surface area contributed by atoms with Gasteiger partial charge in [-0.05, 0) is 51.8 Å². The van der Waals surface area contributed by atoms with Gasteiger partial charge in [0.25, 0.3) is 0 Å². The molecule has 0 bridgehead atoms. The predicted molar refractivity (Wildman–Crippen MR) is 72.3 cm³/mol. The summed E-state index contributed by atoms with van der Waals surface area (Å²) in [4.78, 5) is 4.18. The van der Waals surface area contributed by atoms with Gasteiger partial charge < -0.3 is 10.1 Å². The van der Waals surface area contributed by atoms with Gasteiger partial charge in [0.05, 0.1) is 7.11 Å². The molecule has 2 rings (SSSR count). The second-order valence-electron chi connectivity index (χ2n) is 3.57. The number of anilines is 1. The Labute approximate surface area is 109 Å². The Bertz CT molecular complexity index is 468. The minimum Gasteiger partial charge on any atom is -0.497 e. The number of nitrogens with one attached hydrogen (secondary N) is 1. The van der Waals surface area contributed by atoms with Crippen LogP contribution in [0.2, 0.25) is 0 Å². The highest BCUT2D eigenvalue weighted by Gasteiger charge is 1.96. The van der Waals surface area contributed by atoms with Crippen LogP contribution in [-0.2, 0) is 6.54 Å². The average molecular weight is 293 g/mol. The number of benzene rings is 1. The zero-order valence-corrected chi connectivity index (χ0v) is 11.1. The van der Waals surface area contributed by atoms with Gasteiger partial charge in [0.15, 0.2) is 0 Å². The maximum atomic E-state index is 5.10. The lowest BCUT2D eigenvalue weighted by molar-refractivity contribution is 0.415. The summed E-state index contributed by atoms with van der Waals surface area (Å²) in [6.45, 7) is 0.757. The van der Waals surface area contributed by atoms with Crippen molar-refractivity contribution in [3.05, 3.63) is 52.8 Å². The Morgan fingerprint density at radius 3 is 2.53 bits per heavy atom. The first-order valence-electron chi connectivity index (χ1n) is 5.26. The standard InChI is InChI=1S/C13H13BrN2O/c1-17-12-5-3-11(4-6-12)15-8-10-2-7-13(14)16-9-10/h2-7,9,15H,8H2,1H3. The van der Waals surface area contributed by atoms with Gasteiger partial charge in [0.2, 0.25) is 0 Å². The molecule has 0 fully saturated rings. The van der Waals surface area contributed by atoms with E-state index in [1.807, 2.05) is 42.6 Å². The van der Waals surface area contributed by atoms with E-state index in [-0.39, 0.29) is 0 Å². The molecular weight excluding hydrogens is 280 g/mol. The fourth-order valence-corrected chi connectivity index (χ4v) is 1.66. The molecule has 17 heavy (non-hydrogen) atoms. The highest BCUT2D eigenvalue weighted by atomic mass is 79.9. The quantitative estimate of drug-likeness (QED) is 0.877. The molecule has 1 aromatic carbocycles. The lowest BCUT2D eigenvalue weighted by atomic mass is 10.2. The summed E-state index contributed by atoms with van der Waals surface area (Å²) in [6.07, 6.45) is 1.85. The number of nitrogens with zero attached hydrogens (tertiary/aromatic N) is 1. The van der Waals surface area contributed by atoms with Crippen molar-refractivity contribution in [3.8, 4) is 5.75 Å². The molecule has 88 valence electrons. The van der Waals surface area contributed by atoms with Crippen LogP contribution >= 0.6 is 15.9 Å². The summed E-state index contributed by atoms with van der Waals surface area (Å²) in [6, 6.07) is 11.8. The van der Waals surface area contributed by atoms with Crippen LogP contribution in [0.5, 0.6) is 5.75 Å². The van der Waals surface area contributed by atoms with Crippen LogP contribution in [0.3, 0.4) is 0 Å². The van der Waals surface area contributed by atoms with Gasteiger partial charge in [-0.15, -0.1) is 0 Å². The van der Waals surface area contributed by atoms with Gasteiger partial charge in [-0.1, -0.05) is 6.07 Å². The predicted octanol–water partition coefficient (Wildman–Crippen LogP) is 3.46. The summed E-state index contributed by atoms with van der Waals surface area (Å²) in [5.74, 6) is 0.862. The van der Waals surface area contributed by atoms with E-state index in [4.69, 9.17) is 4.74 Å². The van der Waals surface area contributed by atoms with E-state index >= 15 is 0 Å². The maximum Gasteiger partial charge on any atom is 0.119 e. The Balaban J connectivity index is 1.95. The Morgan fingerprint density at radius 1 is 1.18 bits per heavy atom. The van der Waals surface area contributed by atoms with E-state index in [9.17, 15) is 0 Å². The second-order valence-corrected chi connectivity index (χ2v) is 4.38. The van der Waals surface area contributed by atoms with Crippen molar-refractivity contribution in [1.29, 1.82) is 0 Å². The first-order valence-corrected chi connectivity index (χ1v) is 6.05. The molecule has 1 heterocycles. The zero-order valence-electron chi connectivity index (χ0n) is 9.48. The molecule has 4 heteroatoms. The van der Waals surface area contributed by atoms with Crippen LogP contribution in [-0.4, -0.2) is 12.1 Å². The van der Waals surface area contributed by atoms with E-state index in [0.717, 1.165) is 28.1 Å². The SMILES string of the molecule is COc1ccc(NCc2ccc(Br)nc2)cc1. The van der Waals surface area contributed by atoms with Crippen molar-refractivity contribution < 1.29 is 4.74 Å². The minimum atomic E-state index is 0.757. The number of hydrogen-bond acceptors (Lipinski definition) is 3. The smallest absolute Gasteiger partial charge is 0.119 e. The summed E-state index contributed by atoms with van der Waals surface area (Å²) < 4.78 is 5.95. The Kier molecular flexibility index (Phi) is 3.98. The molecule has 0 aliphatic rings. The van der Waals surface area contributed by atoms with E-state index < -0.39 is 0 Å². The lowest BCUT2D eigenvalue weighted by Crippen LogP contribution is -1.99. The number of ether oxygens (including phenoxy) is 1. The first-order chi connectivity index (χ1) is 8.28. The van der Waals surface area contributed by atoms with Crippen molar-refractivity contribution >= 4 is 21.6 Å². The fourth-order valence-electron chi connectivity index (χ4n) is 1.42. The molecule has 1 N–H and O–H groups in total. The van der Waals surface area contributed by atoms with Crippen molar-refractivity contribution in [2.45, 2.75) is 6.54 Å². The summed E-state index contributed by atoms with van der Waals surface area (Å²) >= 11 is 3.31. The van der Waals surface area contributed by atoms with Crippen molar-refractivity contribution in [1.82, 2.24) is 4.98 Å². The highest BCUT2D eigenvalue weighted by molar-refractivity contribution is 9.10. The van der Waals surface area contributed by atoms with Crippen LogP contribution < -0.4 is 10.1 Å². The van der Waals surface area contributed by atoms with Gasteiger partial charge in [0.1, 0.15) is 10.4 Å². The van der Waals surface area contributed by atoms with Gasteiger partial charge in [-0.2, -0.15) is 0 Å². The van der Waals surface area contributed by atoms with Gasteiger partial charge in [0, 0.05) is 18.4 Å². The van der Waals surface area contributed by atoms with E-state index in [1.165, 1.54) is 0 Å². The third-order valence-corrected chi connectivity index (χ3v) is 2.84. The number of methoxy groups -OCH3 is 1. The second kappa shape index (κ2) is 5.68. The fraction of sp³-hybridized carbons (Fsp3) is 0.154. The Morgan fingerprint density at radius 2 is 1.94 bits per heavy atom. The molecule has 1 aromatic heterocycles. The van der Waals surface area contributed by atoms with Crippen molar-refractivity contribution in [2.75, 3.05) is 12.4 Å². The number of hydrogen-bond donors (Lipinski definition) is 1. The van der Waals surface area contributed by atoms with Crippen molar-refractivity contribution in [3.63, 3.8) is 0 Å². The zero-order chi connectivity index (χ0) is 12.1. The van der Waals surface area contributed by atoms with Gasteiger partial charge >= 0.3 is 0 Å². The van der Waals surface area contributed by atoms with Gasteiger partial charge in [-0.25, -0.2) is 4.98 Å². The third-order valence-electron chi connectivity index (χ3n) is 2.38. The highest BCUT2D eigenvalue weighted by Crippen LogP contribution is 2.16. The van der Waals surface area contributed by atoms with Crippen LogP contribution in [0, 0.1) is 0 Å². The van der Waals surface area contributed by atoms with E-state index in [0.29, 0.717) is 0 Å². The maximum absolute atomic E-state index is 5.10. The largest absolute Gasteiger partial charge is 0.497 e. The monoisotopic (exact) mass is 292 g/mol. The molecule has 0 atom stereocenters. The summed E-state index contributed by atoms with van der Waals surface area (Å²) in [5, 5.41) is 3.32. The number of aromatic nitrogens is 1. The molecule has 0 aliphatic heterocycles. The summed E-state index contributed by atoms with van der Waals surface area (Å²) in [5.41, 5.74) is 2.21. The molecule has 2 aromatic rings. The molecule has 0 spiro atoms. The number of rotatable bonds is 4. The molecule has 0 radical (unpaired) electrons. The lowest BCUT2D eigenvalue weighted by Gasteiger charge is -2.07. The van der Waals surface area contributed by atoms with E-state index in [2.05, 4.69) is 26.2 Å². The normalized spacial score (nSPS) is 10.0. The molecule has 0 saturated carbocycles. The molecular formula is C13H13BrN2O. The molecule has 0 saturated heterocycles. The minimum absolute atomic E-state index is 0.757. The first kappa shape index (κ1) is 11.9. The number of halogens is 1. The average Bonchev–Trinajstić information content (AvgIpc) is 2.39. The van der Waals surface area contributed by atoms with Crippen LogP contribution in [0.15, 0.2) is 47.2 Å². The molecule has 0 unspecified atom stereocenters.